The molecule has 0 atom stereocenters. The molecule has 0 aliphatic heterocycles. The van der Waals surface area contributed by atoms with Gasteiger partial charge >= 0.3 is 37.0 Å². The predicted octanol–water partition coefficient (Wildman–Crippen LogP) is 4.02. The van der Waals surface area contributed by atoms with Gasteiger partial charge < -0.3 is 14.2 Å². The average Bonchev–Trinajstić information content (AvgIpc) is 2.45. The highest BCUT2D eigenvalue weighted by atomic mass is 19.3. The van der Waals surface area contributed by atoms with Crippen molar-refractivity contribution >= 4 is 0 Å². The van der Waals surface area contributed by atoms with Crippen LogP contribution in [0.1, 0.15) is 0 Å². The molecule has 25 heavy (non-hydrogen) atoms. The fraction of sp³-hybridized carbons (Fsp3) is 1.00. The molecule has 152 valence electrons. The molecule has 0 fully saturated rings. The van der Waals surface area contributed by atoms with E-state index in [1.54, 1.807) is 0 Å². The maximum atomic E-state index is 12.6. The van der Waals surface area contributed by atoms with Gasteiger partial charge in [0.25, 0.3) is 6.48 Å². The molecule has 3 nitrogen and oxygen atoms in total. The number of hydrogen-bond acceptors (Lipinski definition) is 3. The highest BCUT2D eigenvalue weighted by Crippen LogP contribution is 2.28. The molecule has 15 heteroatoms. The lowest BCUT2D eigenvalue weighted by Gasteiger charge is -2.25. The van der Waals surface area contributed by atoms with Crippen LogP contribution in [0.3, 0.4) is 0 Å². The van der Waals surface area contributed by atoms with Crippen molar-refractivity contribution in [2.24, 2.45) is 0 Å². The van der Waals surface area contributed by atoms with Gasteiger partial charge in [0.15, 0.2) is 0 Å². The first-order valence-electron chi connectivity index (χ1n) is 5.94. The van der Waals surface area contributed by atoms with E-state index in [0.29, 0.717) is 0 Å². The molecule has 0 aliphatic rings. The highest BCUT2D eigenvalue weighted by molar-refractivity contribution is 4.71. The molecule has 0 aromatic heterocycles. The van der Waals surface area contributed by atoms with Crippen molar-refractivity contribution in [3.63, 3.8) is 0 Å². The van der Waals surface area contributed by atoms with E-state index in [4.69, 9.17) is 0 Å². The predicted molar refractivity (Wildman–Crippen MR) is 54.5 cm³/mol. The Bertz CT molecular complexity index is 332. The quantitative estimate of drug-likeness (QED) is 0.362. The Morgan fingerprint density at radius 2 is 0.680 bits per heavy atom. The zero-order valence-corrected chi connectivity index (χ0v) is 11.7. The number of ether oxygens (including phenoxy) is 3. The largest absolute Gasteiger partial charge is 0.330 e. The van der Waals surface area contributed by atoms with Gasteiger partial charge in [-0.1, -0.05) is 0 Å². The van der Waals surface area contributed by atoms with E-state index in [1.807, 2.05) is 0 Å². The lowest BCUT2D eigenvalue weighted by atomic mass is 10.4. The van der Waals surface area contributed by atoms with Crippen LogP contribution in [0.2, 0.25) is 0 Å². The third-order valence-electron chi connectivity index (χ3n) is 2.19. The number of rotatable bonds is 12. The summed E-state index contributed by atoms with van der Waals surface area (Å²) in [5.41, 5.74) is 0. The monoisotopic (exact) mass is 406 g/mol. The molecular formula is C10H10F12O3. The van der Waals surface area contributed by atoms with Crippen LogP contribution in [0.25, 0.3) is 0 Å². The van der Waals surface area contributed by atoms with Crippen molar-refractivity contribution in [2.75, 3.05) is 19.8 Å². The van der Waals surface area contributed by atoms with Crippen LogP contribution in [0.15, 0.2) is 0 Å². The summed E-state index contributed by atoms with van der Waals surface area (Å²) >= 11 is 0. The Morgan fingerprint density at radius 1 is 0.480 bits per heavy atom. The summed E-state index contributed by atoms with van der Waals surface area (Å²) < 4.78 is 158. The Balaban J connectivity index is 4.87. The second-order valence-electron chi connectivity index (χ2n) is 4.41. The lowest BCUT2D eigenvalue weighted by molar-refractivity contribution is -0.344. The van der Waals surface area contributed by atoms with Gasteiger partial charge in [0.2, 0.25) is 0 Å². The van der Waals surface area contributed by atoms with Crippen LogP contribution in [-0.4, -0.2) is 63.3 Å². The summed E-state index contributed by atoms with van der Waals surface area (Å²) in [6.07, 6.45) is -13.0. The lowest BCUT2D eigenvalue weighted by Crippen LogP contribution is -2.41. The van der Waals surface area contributed by atoms with Gasteiger partial charge in [-0.3, -0.25) is 0 Å². The van der Waals surface area contributed by atoms with Crippen molar-refractivity contribution in [1.82, 2.24) is 0 Å². The van der Waals surface area contributed by atoms with E-state index in [2.05, 4.69) is 14.2 Å². The van der Waals surface area contributed by atoms with E-state index in [0.717, 1.165) is 0 Å². The van der Waals surface area contributed by atoms with E-state index in [9.17, 15) is 52.7 Å². The molecule has 0 aromatic rings. The SMILES string of the molecule is FC(F)C(F)(F)COC(OCC(F)(F)C(F)F)OCC(F)(F)C(F)F. The molecule has 0 aromatic carbocycles. The first-order chi connectivity index (χ1) is 11.1. The van der Waals surface area contributed by atoms with Gasteiger partial charge in [0.1, 0.15) is 19.8 Å². The fourth-order valence-corrected chi connectivity index (χ4v) is 0.871. The smallest absolute Gasteiger partial charge is 0.323 e. The van der Waals surface area contributed by atoms with Crippen LogP contribution in [0.5, 0.6) is 0 Å². The van der Waals surface area contributed by atoms with Gasteiger partial charge in [-0.2, -0.15) is 26.3 Å². The molecule has 0 heterocycles. The zero-order valence-electron chi connectivity index (χ0n) is 11.7. The summed E-state index contributed by atoms with van der Waals surface area (Å²) in [7, 11) is 0. The molecule has 0 radical (unpaired) electrons. The molecule has 0 aliphatic carbocycles. The molecular weight excluding hydrogens is 396 g/mol. The first-order valence-corrected chi connectivity index (χ1v) is 5.94. The van der Waals surface area contributed by atoms with E-state index < -0.39 is 63.3 Å². The maximum absolute atomic E-state index is 12.6. The van der Waals surface area contributed by atoms with E-state index in [-0.39, 0.29) is 0 Å². The van der Waals surface area contributed by atoms with Gasteiger partial charge in [0.05, 0.1) is 0 Å². The molecule has 0 saturated carbocycles. The van der Waals surface area contributed by atoms with Crippen LogP contribution in [0.4, 0.5) is 52.7 Å². The highest BCUT2D eigenvalue weighted by Gasteiger charge is 2.46. The van der Waals surface area contributed by atoms with Gasteiger partial charge in [0, 0.05) is 0 Å². The molecule has 0 unspecified atom stereocenters. The summed E-state index contributed by atoms with van der Waals surface area (Å²) in [6, 6.07) is 0. The number of alkyl halides is 12. The first kappa shape index (κ1) is 24.0. The average molecular weight is 406 g/mol. The minimum atomic E-state index is -4.92. The van der Waals surface area contributed by atoms with Gasteiger partial charge in [-0.05, 0) is 0 Å². The molecule has 0 bridgehead atoms. The topological polar surface area (TPSA) is 27.7 Å². The molecule has 0 amide bonds. The van der Waals surface area contributed by atoms with Crippen molar-refractivity contribution in [3.8, 4) is 0 Å². The minimum absolute atomic E-state index is 2.32. The third kappa shape index (κ3) is 8.31. The Morgan fingerprint density at radius 3 is 0.840 bits per heavy atom. The van der Waals surface area contributed by atoms with E-state index >= 15 is 0 Å². The Labute approximate surface area is 131 Å². The van der Waals surface area contributed by atoms with Crippen molar-refractivity contribution in [3.05, 3.63) is 0 Å². The van der Waals surface area contributed by atoms with Crippen LogP contribution >= 0.6 is 0 Å². The maximum Gasteiger partial charge on any atom is 0.330 e. The summed E-state index contributed by atoms with van der Waals surface area (Å²) in [5.74, 6) is -14.7. The van der Waals surface area contributed by atoms with Gasteiger partial charge in [-0.15, -0.1) is 0 Å². The Hall–Kier alpha value is -0.960. The van der Waals surface area contributed by atoms with Crippen LogP contribution in [0, 0.1) is 0 Å². The molecule has 0 N–H and O–H groups in total. The number of halogens is 12. The zero-order chi connectivity index (χ0) is 20.1. The van der Waals surface area contributed by atoms with E-state index in [1.165, 1.54) is 0 Å². The normalized spacial score (nSPS) is 14.4. The Kier molecular flexibility index (Phi) is 8.77. The van der Waals surface area contributed by atoms with Crippen molar-refractivity contribution < 1.29 is 66.9 Å². The van der Waals surface area contributed by atoms with Crippen molar-refractivity contribution in [1.29, 1.82) is 0 Å². The molecule has 0 rings (SSSR count). The molecule has 0 spiro atoms. The van der Waals surface area contributed by atoms with Crippen molar-refractivity contribution in [2.45, 2.75) is 43.5 Å². The standard InChI is InChI=1S/C10H10F12O3/c11-4(12)8(17,18)1-23-7(24-2-9(19,20)5(13)14)25-3-10(21,22)6(15)16/h4-7H,1-3H2. The third-order valence-corrected chi connectivity index (χ3v) is 2.19. The van der Waals surface area contributed by atoms with Gasteiger partial charge in [-0.25, -0.2) is 26.3 Å². The molecule has 0 saturated heterocycles. The van der Waals surface area contributed by atoms with Crippen LogP contribution < -0.4 is 0 Å². The fourth-order valence-electron chi connectivity index (χ4n) is 0.871. The van der Waals surface area contributed by atoms with Crippen LogP contribution in [-0.2, 0) is 14.2 Å². The summed E-state index contributed by atoms with van der Waals surface area (Å²) in [4.78, 5) is 0. The summed E-state index contributed by atoms with van der Waals surface area (Å²) in [5, 5.41) is 0. The second kappa shape index (κ2) is 9.12. The minimum Gasteiger partial charge on any atom is -0.323 e. The summed E-state index contributed by atoms with van der Waals surface area (Å²) in [6.45, 7) is -10.0. The second-order valence-corrected chi connectivity index (χ2v) is 4.41. The number of hydrogen-bond donors (Lipinski definition) is 0.